The first kappa shape index (κ1) is 12.7. The molecule has 1 N–H and O–H groups in total. The molecule has 5 heteroatoms. The van der Waals surface area contributed by atoms with Crippen molar-refractivity contribution in [3.05, 3.63) is 18.5 Å². The van der Waals surface area contributed by atoms with E-state index in [4.69, 9.17) is 5.11 Å². The SMILES string of the molecule is CCN(CCn1cccn1)C(C)(C)C(=O)O. The molecule has 1 rings (SSSR count). The maximum Gasteiger partial charge on any atom is 0.323 e. The molecule has 0 atom stereocenters. The van der Waals surface area contributed by atoms with E-state index in [1.165, 1.54) is 0 Å². The second-order valence-corrected chi connectivity index (χ2v) is 4.21. The zero-order chi connectivity index (χ0) is 12.2. The minimum Gasteiger partial charge on any atom is -0.480 e. The van der Waals surface area contributed by atoms with Crippen molar-refractivity contribution in [2.45, 2.75) is 32.9 Å². The quantitative estimate of drug-likeness (QED) is 0.786. The molecule has 0 amide bonds. The number of carbonyl (C=O) groups is 1. The van der Waals surface area contributed by atoms with Crippen LogP contribution in [0, 0.1) is 0 Å². The summed E-state index contributed by atoms with van der Waals surface area (Å²) in [6.45, 7) is 7.51. The predicted octanol–water partition coefficient (Wildman–Crippen LogP) is 1.07. The van der Waals surface area contributed by atoms with E-state index in [-0.39, 0.29) is 0 Å². The van der Waals surface area contributed by atoms with Gasteiger partial charge in [0.05, 0.1) is 6.54 Å². The van der Waals surface area contributed by atoms with E-state index in [0.29, 0.717) is 19.6 Å². The molecule has 0 aliphatic rings. The second-order valence-electron chi connectivity index (χ2n) is 4.21. The largest absolute Gasteiger partial charge is 0.480 e. The number of likely N-dealkylation sites (N-methyl/N-ethyl adjacent to an activating group) is 1. The molecule has 1 aromatic heterocycles. The zero-order valence-electron chi connectivity index (χ0n) is 10.1. The van der Waals surface area contributed by atoms with Gasteiger partial charge in [0.25, 0.3) is 0 Å². The smallest absolute Gasteiger partial charge is 0.323 e. The molecule has 0 spiro atoms. The Morgan fingerprint density at radius 3 is 2.69 bits per heavy atom. The second kappa shape index (κ2) is 5.12. The van der Waals surface area contributed by atoms with Crippen LogP contribution in [0.4, 0.5) is 0 Å². The van der Waals surface area contributed by atoms with Gasteiger partial charge in [-0.15, -0.1) is 0 Å². The molecular weight excluding hydrogens is 206 g/mol. The molecule has 0 saturated heterocycles. The van der Waals surface area contributed by atoms with Crippen molar-refractivity contribution in [1.82, 2.24) is 14.7 Å². The maximum atomic E-state index is 11.1. The first-order valence-corrected chi connectivity index (χ1v) is 5.44. The lowest BCUT2D eigenvalue weighted by Gasteiger charge is -2.33. The predicted molar refractivity (Wildman–Crippen MR) is 61.2 cm³/mol. The third kappa shape index (κ3) is 2.82. The fraction of sp³-hybridized carbons (Fsp3) is 0.636. The Morgan fingerprint density at radius 1 is 1.56 bits per heavy atom. The summed E-state index contributed by atoms with van der Waals surface area (Å²) in [5.41, 5.74) is -0.831. The number of hydrogen-bond donors (Lipinski definition) is 1. The molecule has 0 unspecified atom stereocenters. The van der Waals surface area contributed by atoms with E-state index in [0.717, 1.165) is 0 Å². The highest BCUT2D eigenvalue weighted by Crippen LogP contribution is 2.14. The van der Waals surface area contributed by atoms with E-state index in [1.54, 1.807) is 24.7 Å². The average Bonchev–Trinajstić information content (AvgIpc) is 2.71. The molecule has 90 valence electrons. The van der Waals surface area contributed by atoms with Crippen molar-refractivity contribution >= 4 is 5.97 Å². The van der Waals surface area contributed by atoms with E-state index in [1.807, 2.05) is 24.1 Å². The third-order valence-electron chi connectivity index (χ3n) is 2.85. The van der Waals surface area contributed by atoms with Crippen LogP contribution in [0.5, 0.6) is 0 Å². The number of rotatable bonds is 6. The van der Waals surface area contributed by atoms with Gasteiger partial charge < -0.3 is 5.11 Å². The van der Waals surface area contributed by atoms with Gasteiger partial charge in [0.2, 0.25) is 0 Å². The van der Waals surface area contributed by atoms with Gasteiger partial charge in [-0.3, -0.25) is 14.4 Å². The van der Waals surface area contributed by atoms with E-state index in [2.05, 4.69) is 5.10 Å². The minimum atomic E-state index is -0.831. The van der Waals surface area contributed by atoms with E-state index >= 15 is 0 Å². The van der Waals surface area contributed by atoms with Crippen LogP contribution in [0.15, 0.2) is 18.5 Å². The van der Waals surface area contributed by atoms with Gasteiger partial charge in [-0.2, -0.15) is 5.10 Å². The average molecular weight is 225 g/mol. The normalized spacial score (nSPS) is 12.0. The summed E-state index contributed by atoms with van der Waals surface area (Å²) in [5.74, 6) is -0.796. The lowest BCUT2D eigenvalue weighted by molar-refractivity contribution is -0.149. The summed E-state index contributed by atoms with van der Waals surface area (Å²) in [6, 6.07) is 1.86. The van der Waals surface area contributed by atoms with Crippen molar-refractivity contribution in [3.63, 3.8) is 0 Å². The Hall–Kier alpha value is -1.36. The Balaban J connectivity index is 2.59. The fourth-order valence-corrected chi connectivity index (χ4v) is 1.62. The van der Waals surface area contributed by atoms with Crippen LogP contribution in [0.2, 0.25) is 0 Å². The van der Waals surface area contributed by atoms with Gasteiger partial charge in [-0.1, -0.05) is 6.92 Å². The molecule has 0 aliphatic heterocycles. The lowest BCUT2D eigenvalue weighted by atomic mass is 10.0. The van der Waals surface area contributed by atoms with Gasteiger partial charge in [-0.25, -0.2) is 0 Å². The Labute approximate surface area is 95.7 Å². The molecule has 0 aliphatic carbocycles. The van der Waals surface area contributed by atoms with Crippen LogP contribution in [0.1, 0.15) is 20.8 Å². The molecule has 1 heterocycles. The number of hydrogen-bond acceptors (Lipinski definition) is 3. The van der Waals surface area contributed by atoms with Crippen LogP contribution >= 0.6 is 0 Å². The van der Waals surface area contributed by atoms with Crippen molar-refractivity contribution in [3.8, 4) is 0 Å². The summed E-state index contributed by atoms with van der Waals surface area (Å²) in [6.07, 6.45) is 3.60. The van der Waals surface area contributed by atoms with Gasteiger partial charge in [0, 0.05) is 18.9 Å². The number of aliphatic carboxylic acids is 1. The van der Waals surface area contributed by atoms with Crippen LogP contribution < -0.4 is 0 Å². The molecule has 0 saturated carbocycles. The first-order valence-electron chi connectivity index (χ1n) is 5.44. The van der Waals surface area contributed by atoms with Crippen LogP contribution in [-0.4, -0.2) is 44.4 Å². The molecule has 0 radical (unpaired) electrons. The molecule has 0 fully saturated rings. The monoisotopic (exact) mass is 225 g/mol. The van der Waals surface area contributed by atoms with Crippen LogP contribution in [0.25, 0.3) is 0 Å². The highest BCUT2D eigenvalue weighted by Gasteiger charge is 2.33. The van der Waals surface area contributed by atoms with E-state index in [9.17, 15) is 4.79 Å². The summed E-state index contributed by atoms with van der Waals surface area (Å²) >= 11 is 0. The first-order chi connectivity index (χ1) is 7.48. The maximum absolute atomic E-state index is 11.1. The Kier molecular flexibility index (Phi) is 4.06. The fourth-order valence-electron chi connectivity index (χ4n) is 1.62. The molecular formula is C11H19N3O2. The van der Waals surface area contributed by atoms with E-state index < -0.39 is 11.5 Å². The summed E-state index contributed by atoms with van der Waals surface area (Å²) in [7, 11) is 0. The molecule has 16 heavy (non-hydrogen) atoms. The van der Waals surface area contributed by atoms with Gasteiger partial charge in [-0.05, 0) is 26.5 Å². The van der Waals surface area contributed by atoms with Crippen molar-refractivity contribution in [2.75, 3.05) is 13.1 Å². The van der Waals surface area contributed by atoms with Crippen molar-refractivity contribution < 1.29 is 9.90 Å². The molecule has 1 aromatic rings. The van der Waals surface area contributed by atoms with Crippen molar-refractivity contribution in [1.29, 1.82) is 0 Å². The highest BCUT2D eigenvalue weighted by atomic mass is 16.4. The van der Waals surface area contributed by atoms with Gasteiger partial charge >= 0.3 is 5.97 Å². The minimum absolute atomic E-state index is 0.678. The lowest BCUT2D eigenvalue weighted by Crippen LogP contribution is -2.51. The van der Waals surface area contributed by atoms with Gasteiger partial charge in [0.1, 0.15) is 5.54 Å². The summed E-state index contributed by atoms with van der Waals surface area (Å²) in [4.78, 5) is 13.0. The Morgan fingerprint density at radius 2 is 2.25 bits per heavy atom. The third-order valence-corrected chi connectivity index (χ3v) is 2.85. The standard InChI is InChI=1S/C11H19N3O2/c1-4-13(11(2,3)10(15)16)8-9-14-7-5-6-12-14/h5-7H,4,8-9H2,1-3H3,(H,15,16). The van der Waals surface area contributed by atoms with Gasteiger partial charge in [0.15, 0.2) is 0 Å². The van der Waals surface area contributed by atoms with Crippen molar-refractivity contribution in [2.24, 2.45) is 0 Å². The Bertz CT molecular complexity index is 333. The summed E-state index contributed by atoms with van der Waals surface area (Å²) < 4.78 is 1.81. The van der Waals surface area contributed by atoms with Crippen LogP contribution in [-0.2, 0) is 11.3 Å². The number of nitrogens with zero attached hydrogens (tertiary/aromatic N) is 3. The molecule has 0 aromatic carbocycles. The molecule has 0 bridgehead atoms. The highest BCUT2D eigenvalue weighted by molar-refractivity contribution is 5.77. The topological polar surface area (TPSA) is 58.4 Å². The number of carboxylic acids is 1. The number of carboxylic acid groups (broad SMARTS) is 1. The van der Waals surface area contributed by atoms with Crippen LogP contribution in [0.3, 0.4) is 0 Å². The molecule has 5 nitrogen and oxygen atoms in total. The summed E-state index contributed by atoms with van der Waals surface area (Å²) in [5, 5.41) is 13.2. The zero-order valence-corrected chi connectivity index (χ0v) is 10.1. The number of aromatic nitrogens is 2.